The zero-order valence-electron chi connectivity index (χ0n) is 27.8. The molecule has 4 bridgehead atoms. The first kappa shape index (κ1) is 30.3. The van der Waals surface area contributed by atoms with Crippen LogP contribution < -0.4 is 14.7 Å². The molecule has 3 aliphatic heterocycles. The van der Waals surface area contributed by atoms with Crippen LogP contribution in [-0.4, -0.2) is 32.2 Å². The predicted molar refractivity (Wildman–Crippen MR) is 206 cm³/mol. The Labute approximate surface area is 301 Å². The van der Waals surface area contributed by atoms with Gasteiger partial charge in [-0.2, -0.15) is 0 Å². The van der Waals surface area contributed by atoms with E-state index < -0.39 is 17.6 Å². The average Bonchev–Trinajstić information content (AvgIpc) is 3.73. The van der Waals surface area contributed by atoms with Crippen LogP contribution in [0.2, 0.25) is 0 Å². The van der Waals surface area contributed by atoms with Crippen molar-refractivity contribution in [2.75, 3.05) is 28.8 Å². The zero-order valence-corrected chi connectivity index (χ0v) is 30.1. The third-order valence-electron chi connectivity index (χ3n) is 9.27. The van der Waals surface area contributed by atoms with Crippen LogP contribution in [0.4, 0.5) is 28.4 Å². The van der Waals surface area contributed by atoms with Crippen molar-refractivity contribution in [1.29, 1.82) is 0 Å². The van der Waals surface area contributed by atoms with Crippen molar-refractivity contribution in [3.8, 4) is 33.4 Å². The molecule has 3 aliphatic rings. The second-order valence-corrected chi connectivity index (χ2v) is 15.1. The number of hydrogen-bond acceptors (Lipinski definition) is 5. The van der Waals surface area contributed by atoms with E-state index >= 15 is 0 Å². The molecule has 0 spiro atoms. The van der Waals surface area contributed by atoms with E-state index in [1.807, 2.05) is 0 Å². The monoisotopic (exact) mass is 828 g/mol. The molecule has 6 heteroatoms. The molecule has 6 aromatic rings. The Morgan fingerprint density at radius 2 is 0.800 bits per heavy atom. The van der Waals surface area contributed by atoms with Crippen molar-refractivity contribution in [2.45, 2.75) is 0 Å². The summed E-state index contributed by atoms with van der Waals surface area (Å²) in [7, 11) is 4.32. The predicted octanol–water partition coefficient (Wildman–Crippen LogP) is 9.87. The van der Waals surface area contributed by atoms with Crippen molar-refractivity contribution >= 4 is 36.7 Å². The molecule has 50 heavy (non-hydrogen) atoms. The molecular formula is C44H35N5Pt. The molecular weight excluding hydrogens is 794 g/mol. The SMILES string of the molecule is CN1C=CN2[C]1=[Pt]=[C]1N(C)C=CN1c1cccc(c1)N(c1c(-c3ccccc3)cc(-c3ccccc3)cc1-c1ccccc1)c1cccc2c1. The van der Waals surface area contributed by atoms with Crippen molar-refractivity contribution in [3.63, 3.8) is 0 Å². The first-order chi connectivity index (χ1) is 24.6. The average molecular weight is 829 g/mol. The van der Waals surface area contributed by atoms with E-state index in [1.165, 1.54) is 41.7 Å². The van der Waals surface area contributed by atoms with Gasteiger partial charge in [0.2, 0.25) is 0 Å². The van der Waals surface area contributed by atoms with Gasteiger partial charge in [-0.25, -0.2) is 0 Å². The van der Waals surface area contributed by atoms with Crippen LogP contribution in [0.5, 0.6) is 0 Å². The topological polar surface area (TPSA) is 16.2 Å². The number of rotatable bonds is 4. The summed E-state index contributed by atoms with van der Waals surface area (Å²) < 4.78 is 2.62. The Balaban J connectivity index is 1.39. The summed E-state index contributed by atoms with van der Waals surface area (Å²) in [5, 5.41) is 0. The third kappa shape index (κ3) is 5.31. The van der Waals surface area contributed by atoms with Gasteiger partial charge in [-0.15, -0.1) is 0 Å². The maximum atomic E-state index is 2.47. The Morgan fingerprint density at radius 1 is 0.380 bits per heavy atom. The van der Waals surface area contributed by atoms with E-state index in [0.717, 1.165) is 28.4 Å². The molecule has 0 atom stereocenters. The van der Waals surface area contributed by atoms with Gasteiger partial charge >= 0.3 is 285 Å². The van der Waals surface area contributed by atoms with Gasteiger partial charge < -0.3 is 0 Å². The van der Waals surface area contributed by atoms with Gasteiger partial charge in [-0.05, 0) is 0 Å². The van der Waals surface area contributed by atoms with E-state index in [1.54, 1.807) is 0 Å². The zero-order chi connectivity index (χ0) is 33.6. The summed E-state index contributed by atoms with van der Waals surface area (Å²) in [6.45, 7) is 0. The molecule has 9 rings (SSSR count). The first-order valence-electron chi connectivity index (χ1n) is 16.7. The van der Waals surface area contributed by atoms with E-state index in [9.17, 15) is 0 Å². The van der Waals surface area contributed by atoms with Gasteiger partial charge in [0.1, 0.15) is 0 Å². The van der Waals surface area contributed by atoms with E-state index in [-0.39, 0.29) is 0 Å². The number of benzene rings is 6. The summed E-state index contributed by atoms with van der Waals surface area (Å²) in [5.74, 6) is 0. The number of fused-ring (bicyclic) bond motifs is 8. The Bertz CT molecular complexity index is 2220. The summed E-state index contributed by atoms with van der Waals surface area (Å²) in [6.07, 6.45) is 8.76. The van der Waals surface area contributed by atoms with E-state index in [4.69, 9.17) is 0 Å². The van der Waals surface area contributed by atoms with E-state index in [0.29, 0.717) is 0 Å². The van der Waals surface area contributed by atoms with Crippen molar-refractivity contribution in [3.05, 3.63) is 176 Å². The number of nitrogens with zero attached hydrogens (tertiary/aromatic N) is 5. The summed E-state index contributed by atoms with van der Waals surface area (Å²) >= 11 is -0.554. The second-order valence-electron chi connectivity index (χ2n) is 12.5. The van der Waals surface area contributed by atoms with Gasteiger partial charge in [-0.3, -0.25) is 0 Å². The fraction of sp³-hybridized carbons (Fsp3) is 0.0455. The molecule has 5 nitrogen and oxygen atoms in total. The van der Waals surface area contributed by atoms with Gasteiger partial charge in [0, 0.05) is 0 Å². The van der Waals surface area contributed by atoms with Crippen LogP contribution in [0, 0.1) is 0 Å². The fourth-order valence-corrected chi connectivity index (χ4v) is 9.91. The molecule has 0 saturated carbocycles. The van der Waals surface area contributed by atoms with Crippen LogP contribution in [0.15, 0.2) is 176 Å². The molecule has 0 N–H and O–H groups in total. The molecule has 0 amide bonds. The van der Waals surface area contributed by atoms with Gasteiger partial charge in [0.15, 0.2) is 0 Å². The fourth-order valence-electron chi connectivity index (χ4n) is 6.84. The van der Waals surface area contributed by atoms with Crippen LogP contribution >= 0.6 is 0 Å². The van der Waals surface area contributed by atoms with Crippen LogP contribution in [0.3, 0.4) is 0 Å². The second kappa shape index (κ2) is 12.6. The summed E-state index contributed by atoms with van der Waals surface area (Å²) in [5.41, 5.74) is 12.7. The molecule has 6 aromatic carbocycles. The van der Waals surface area contributed by atoms with Crippen LogP contribution in [0.25, 0.3) is 33.4 Å². The molecule has 0 aromatic heterocycles. The molecule has 0 unspecified atom stereocenters. The summed E-state index contributed by atoms with van der Waals surface area (Å²) in [6, 6.07) is 55.1. The van der Waals surface area contributed by atoms with Gasteiger partial charge in [0.25, 0.3) is 0 Å². The Hall–Kier alpha value is -5.77. The molecule has 0 saturated heterocycles. The molecule has 0 aliphatic carbocycles. The van der Waals surface area contributed by atoms with Gasteiger partial charge in [0.05, 0.1) is 0 Å². The normalized spacial score (nSPS) is 15.0. The Morgan fingerprint density at radius 3 is 1.26 bits per heavy atom. The quantitative estimate of drug-likeness (QED) is 0.176. The Kier molecular flexibility index (Phi) is 7.63. The van der Waals surface area contributed by atoms with Crippen molar-refractivity contribution in [1.82, 2.24) is 9.80 Å². The minimum absolute atomic E-state index is 0.554. The molecule has 3 heterocycles. The third-order valence-corrected chi connectivity index (χ3v) is 13.0. The number of anilines is 5. The summed E-state index contributed by atoms with van der Waals surface area (Å²) in [4.78, 5) is 11.8. The standard InChI is InChI=1S/C44H35N5.Pt/c1-45-24-26-47(32-45)38-20-12-22-40(30-38)49(41-23-13-21-39(31-41)48-27-25-46(2)33-48)44-42(35-16-8-4-9-17-35)28-37(34-14-6-3-7-15-34)29-43(44)36-18-10-5-11-19-36;/h3-31H,1-2H3;. The first-order valence-corrected chi connectivity index (χ1v) is 19.0. The number of hydrogen-bond donors (Lipinski definition) is 0. The van der Waals surface area contributed by atoms with Crippen molar-refractivity contribution in [2.24, 2.45) is 0 Å². The van der Waals surface area contributed by atoms with Gasteiger partial charge in [-0.1, -0.05) is 18.2 Å². The van der Waals surface area contributed by atoms with E-state index in [2.05, 4.69) is 215 Å². The minimum atomic E-state index is -0.554. The molecule has 246 valence electrons. The molecule has 0 radical (unpaired) electrons. The molecule has 0 fully saturated rings. The van der Waals surface area contributed by atoms with Crippen LogP contribution in [0.1, 0.15) is 0 Å². The van der Waals surface area contributed by atoms with Crippen molar-refractivity contribution < 1.29 is 17.6 Å². The maximum absolute atomic E-state index is 2.47. The van der Waals surface area contributed by atoms with Crippen LogP contribution in [-0.2, 0) is 17.6 Å².